The van der Waals surface area contributed by atoms with Crippen LogP contribution >= 0.6 is 0 Å². The van der Waals surface area contributed by atoms with Crippen LogP contribution < -0.4 is 10.6 Å². The number of carbonyl (C=O) groups is 1. The minimum atomic E-state index is -0.464. The topological polar surface area (TPSA) is 76.1 Å². The van der Waals surface area contributed by atoms with Crippen molar-refractivity contribution in [3.63, 3.8) is 0 Å². The molecule has 1 heterocycles. The van der Waals surface area contributed by atoms with E-state index in [0.29, 0.717) is 5.95 Å². The molecule has 2 rings (SSSR count). The zero-order valence-corrected chi connectivity index (χ0v) is 12.9. The van der Waals surface area contributed by atoms with Crippen LogP contribution in [0.3, 0.4) is 0 Å². The largest absolute Gasteiger partial charge is 0.444 e. The molecule has 0 unspecified atom stereocenters. The summed E-state index contributed by atoms with van der Waals surface area (Å²) < 4.78 is 5.30. The van der Waals surface area contributed by atoms with Gasteiger partial charge in [0.15, 0.2) is 0 Å². The molecular weight excluding hydrogens is 268 g/mol. The predicted octanol–water partition coefficient (Wildman–Crippen LogP) is 2.72. The van der Waals surface area contributed by atoms with Crippen molar-refractivity contribution in [3.8, 4) is 0 Å². The molecule has 1 fully saturated rings. The lowest BCUT2D eigenvalue weighted by Crippen LogP contribution is -2.44. The standard InChI is InChI=1S/C15H24N4O2/c1-15(2,3)21-14(20)19-12-7-4-6-11(10-12)18-13-16-8-5-9-17-13/h5,8-9,11-12H,4,6-7,10H2,1-3H3,(H,19,20)(H,16,17,18)/t11-,12+/m0/s1. The highest BCUT2D eigenvalue weighted by Gasteiger charge is 2.25. The molecule has 6 heteroatoms. The van der Waals surface area contributed by atoms with Gasteiger partial charge in [-0.3, -0.25) is 0 Å². The molecule has 1 aliphatic carbocycles. The molecule has 0 saturated heterocycles. The summed E-state index contributed by atoms with van der Waals surface area (Å²) in [5.41, 5.74) is -0.464. The first kappa shape index (κ1) is 15.5. The number of carbonyl (C=O) groups excluding carboxylic acids is 1. The lowest BCUT2D eigenvalue weighted by atomic mass is 9.91. The van der Waals surface area contributed by atoms with E-state index in [1.165, 1.54) is 0 Å². The molecule has 1 amide bonds. The van der Waals surface area contributed by atoms with E-state index in [1.54, 1.807) is 18.5 Å². The van der Waals surface area contributed by atoms with Gasteiger partial charge in [0, 0.05) is 24.5 Å². The molecule has 116 valence electrons. The highest BCUT2D eigenvalue weighted by atomic mass is 16.6. The van der Waals surface area contributed by atoms with Gasteiger partial charge < -0.3 is 15.4 Å². The first-order valence-electron chi connectivity index (χ1n) is 7.45. The second-order valence-electron chi connectivity index (χ2n) is 6.42. The van der Waals surface area contributed by atoms with E-state index in [2.05, 4.69) is 20.6 Å². The molecular formula is C15H24N4O2. The number of nitrogens with one attached hydrogen (secondary N) is 2. The van der Waals surface area contributed by atoms with Crippen LogP contribution in [0, 0.1) is 0 Å². The molecule has 2 atom stereocenters. The van der Waals surface area contributed by atoms with Crippen molar-refractivity contribution in [2.45, 2.75) is 64.1 Å². The van der Waals surface area contributed by atoms with Gasteiger partial charge in [-0.1, -0.05) is 0 Å². The van der Waals surface area contributed by atoms with Gasteiger partial charge in [-0.25, -0.2) is 14.8 Å². The number of alkyl carbamates (subject to hydrolysis) is 1. The minimum absolute atomic E-state index is 0.134. The molecule has 0 bridgehead atoms. The molecule has 1 aromatic rings. The molecule has 0 spiro atoms. The van der Waals surface area contributed by atoms with Crippen LogP contribution in [0.1, 0.15) is 46.5 Å². The second-order valence-corrected chi connectivity index (χ2v) is 6.42. The summed E-state index contributed by atoms with van der Waals surface area (Å²) >= 11 is 0. The highest BCUT2D eigenvalue weighted by molar-refractivity contribution is 5.68. The number of nitrogens with zero attached hydrogens (tertiary/aromatic N) is 2. The van der Waals surface area contributed by atoms with Gasteiger partial charge >= 0.3 is 6.09 Å². The third-order valence-electron chi connectivity index (χ3n) is 3.29. The van der Waals surface area contributed by atoms with Gasteiger partial charge in [0.2, 0.25) is 5.95 Å². The normalized spacial score (nSPS) is 22.4. The molecule has 1 aliphatic rings. The van der Waals surface area contributed by atoms with Crippen LogP contribution in [0.2, 0.25) is 0 Å². The Bertz CT molecular complexity index is 458. The van der Waals surface area contributed by atoms with Gasteiger partial charge in [-0.2, -0.15) is 0 Å². The van der Waals surface area contributed by atoms with Crippen molar-refractivity contribution in [2.24, 2.45) is 0 Å². The van der Waals surface area contributed by atoms with Gasteiger partial charge in [0.05, 0.1) is 0 Å². The fraction of sp³-hybridized carbons (Fsp3) is 0.667. The zero-order valence-electron chi connectivity index (χ0n) is 12.9. The first-order chi connectivity index (χ1) is 9.92. The van der Waals surface area contributed by atoms with Crippen molar-refractivity contribution in [3.05, 3.63) is 18.5 Å². The average molecular weight is 292 g/mol. The number of anilines is 1. The number of amides is 1. The fourth-order valence-corrected chi connectivity index (χ4v) is 2.48. The molecule has 21 heavy (non-hydrogen) atoms. The summed E-state index contributed by atoms with van der Waals surface area (Å²) in [4.78, 5) is 20.2. The lowest BCUT2D eigenvalue weighted by Gasteiger charge is -2.31. The smallest absolute Gasteiger partial charge is 0.407 e. The molecule has 2 N–H and O–H groups in total. The number of ether oxygens (including phenoxy) is 1. The maximum Gasteiger partial charge on any atom is 0.407 e. The number of aromatic nitrogens is 2. The monoisotopic (exact) mass is 292 g/mol. The Morgan fingerprint density at radius 1 is 1.24 bits per heavy atom. The number of hydrogen-bond donors (Lipinski definition) is 2. The summed E-state index contributed by atoms with van der Waals surface area (Å²) in [5, 5.41) is 6.27. The van der Waals surface area contributed by atoms with Crippen molar-refractivity contribution in [1.82, 2.24) is 15.3 Å². The van der Waals surface area contributed by atoms with Crippen molar-refractivity contribution in [1.29, 1.82) is 0 Å². The second kappa shape index (κ2) is 6.74. The van der Waals surface area contributed by atoms with Crippen LogP contribution in [-0.2, 0) is 4.74 Å². The quantitative estimate of drug-likeness (QED) is 0.896. The summed E-state index contributed by atoms with van der Waals surface area (Å²) in [6.07, 6.45) is 7.05. The van der Waals surface area contributed by atoms with E-state index in [4.69, 9.17) is 4.74 Å². The summed E-state index contributed by atoms with van der Waals surface area (Å²) in [6, 6.07) is 2.20. The highest BCUT2D eigenvalue weighted by Crippen LogP contribution is 2.21. The Morgan fingerprint density at radius 3 is 2.57 bits per heavy atom. The van der Waals surface area contributed by atoms with Gasteiger partial charge in [0.1, 0.15) is 5.60 Å². The summed E-state index contributed by atoms with van der Waals surface area (Å²) in [6.45, 7) is 5.60. The van der Waals surface area contributed by atoms with E-state index in [0.717, 1.165) is 25.7 Å². The van der Waals surface area contributed by atoms with E-state index in [1.807, 2.05) is 20.8 Å². The van der Waals surface area contributed by atoms with Crippen molar-refractivity contribution >= 4 is 12.0 Å². The van der Waals surface area contributed by atoms with Gasteiger partial charge in [-0.15, -0.1) is 0 Å². The Balaban J connectivity index is 1.82. The van der Waals surface area contributed by atoms with Crippen LogP contribution in [0.15, 0.2) is 18.5 Å². The summed E-state index contributed by atoms with van der Waals surface area (Å²) in [7, 11) is 0. The molecule has 0 radical (unpaired) electrons. The molecule has 1 saturated carbocycles. The van der Waals surface area contributed by atoms with Crippen LogP contribution in [-0.4, -0.2) is 33.7 Å². The Labute approximate surface area is 125 Å². The zero-order chi connectivity index (χ0) is 15.3. The predicted molar refractivity (Wildman–Crippen MR) is 81.1 cm³/mol. The van der Waals surface area contributed by atoms with E-state index in [9.17, 15) is 4.79 Å². The van der Waals surface area contributed by atoms with Gasteiger partial charge in [-0.05, 0) is 52.5 Å². The number of rotatable bonds is 3. The third-order valence-corrected chi connectivity index (χ3v) is 3.29. The minimum Gasteiger partial charge on any atom is -0.444 e. The van der Waals surface area contributed by atoms with Crippen molar-refractivity contribution in [2.75, 3.05) is 5.32 Å². The molecule has 0 aliphatic heterocycles. The van der Waals surface area contributed by atoms with Crippen LogP contribution in [0.5, 0.6) is 0 Å². The summed E-state index contributed by atoms with van der Waals surface area (Å²) in [5.74, 6) is 0.639. The Kier molecular flexibility index (Phi) is 4.98. The lowest BCUT2D eigenvalue weighted by molar-refractivity contribution is 0.0492. The first-order valence-corrected chi connectivity index (χ1v) is 7.45. The fourth-order valence-electron chi connectivity index (χ4n) is 2.48. The Hall–Kier alpha value is -1.85. The Morgan fingerprint density at radius 2 is 1.90 bits per heavy atom. The molecule has 1 aromatic heterocycles. The van der Waals surface area contributed by atoms with Crippen molar-refractivity contribution < 1.29 is 9.53 Å². The maximum absolute atomic E-state index is 11.8. The maximum atomic E-state index is 11.8. The van der Waals surface area contributed by atoms with E-state index < -0.39 is 5.60 Å². The molecule has 0 aromatic carbocycles. The van der Waals surface area contributed by atoms with E-state index >= 15 is 0 Å². The SMILES string of the molecule is CC(C)(C)OC(=O)N[C@@H]1CCC[C@H](Nc2ncccn2)C1. The van der Waals surface area contributed by atoms with Gasteiger partial charge in [0.25, 0.3) is 0 Å². The van der Waals surface area contributed by atoms with Crippen LogP contribution in [0.25, 0.3) is 0 Å². The molecule has 6 nitrogen and oxygen atoms in total. The third kappa shape index (κ3) is 5.57. The van der Waals surface area contributed by atoms with Crippen LogP contribution in [0.4, 0.5) is 10.7 Å². The average Bonchev–Trinajstić information content (AvgIpc) is 2.38. The number of hydrogen-bond acceptors (Lipinski definition) is 5. The van der Waals surface area contributed by atoms with E-state index in [-0.39, 0.29) is 18.2 Å².